The highest BCUT2D eigenvalue weighted by molar-refractivity contribution is 7.80. The molecule has 1 heterocycles. The van der Waals surface area contributed by atoms with Crippen LogP contribution in [0.2, 0.25) is 0 Å². The summed E-state index contributed by atoms with van der Waals surface area (Å²) in [5.41, 5.74) is 1.66. The van der Waals surface area contributed by atoms with Gasteiger partial charge in [0.2, 0.25) is 0 Å². The van der Waals surface area contributed by atoms with Crippen LogP contribution in [0.5, 0.6) is 0 Å². The molecule has 0 bridgehead atoms. The Labute approximate surface area is 101 Å². The highest BCUT2D eigenvalue weighted by Crippen LogP contribution is 2.20. The molecule has 3 nitrogen and oxygen atoms in total. The second-order valence-electron chi connectivity index (χ2n) is 3.90. The topological polar surface area (TPSA) is 38.3 Å². The molecule has 0 aliphatic carbocycles. The molecule has 4 heteroatoms. The van der Waals surface area contributed by atoms with Gasteiger partial charge in [0.25, 0.3) is 0 Å². The summed E-state index contributed by atoms with van der Waals surface area (Å²) in [5, 5.41) is 3.15. The van der Waals surface area contributed by atoms with Crippen molar-refractivity contribution < 1.29 is 9.53 Å². The second kappa shape index (κ2) is 4.99. The number of carbonyl (C=O) groups is 1. The van der Waals surface area contributed by atoms with Crippen molar-refractivity contribution in [2.75, 3.05) is 19.7 Å². The van der Waals surface area contributed by atoms with E-state index in [1.165, 1.54) is 0 Å². The largest absolute Gasteiger partial charge is 0.367 e. The standard InChI is InChI=1S/C12H15NO2S/c1-8-3-2-4-9(12(8)16)11(14)10-7-13-5-6-15-10/h2-4,10,13,16H,5-7H2,1H3. The quantitative estimate of drug-likeness (QED) is 0.604. The minimum atomic E-state index is -0.374. The third-order valence-corrected chi connectivity index (χ3v) is 3.32. The average molecular weight is 237 g/mol. The first-order chi connectivity index (χ1) is 7.70. The molecule has 1 aliphatic heterocycles. The van der Waals surface area contributed by atoms with Gasteiger partial charge in [-0.3, -0.25) is 4.79 Å². The third kappa shape index (κ3) is 2.29. The minimum Gasteiger partial charge on any atom is -0.367 e. The first-order valence-corrected chi connectivity index (χ1v) is 5.80. The summed E-state index contributed by atoms with van der Waals surface area (Å²) in [6.07, 6.45) is -0.374. The molecule has 0 saturated carbocycles. The number of benzene rings is 1. The molecule has 1 aliphatic rings. The van der Waals surface area contributed by atoms with Crippen LogP contribution in [0.3, 0.4) is 0 Å². The number of thiol groups is 1. The van der Waals surface area contributed by atoms with E-state index in [2.05, 4.69) is 17.9 Å². The highest BCUT2D eigenvalue weighted by Gasteiger charge is 2.24. The number of ketones is 1. The number of rotatable bonds is 2. The van der Waals surface area contributed by atoms with E-state index in [1.54, 1.807) is 6.07 Å². The normalized spacial score (nSPS) is 20.8. The van der Waals surface area contributed by atoms with Gasteiger partial charge in [0, 0.05) is 23.5 Å². The van der Waals surface area contributed by atoms with Crippen molar-refractivity contribution in [3.8, 4) is 0 Å². The van der Waals surface area contributed by atoms with Gasteiger partial charge in [0.1, 0.15) is 6.10 Å². The average Bonchev–Trinajstić information content (AvgIpc) is 2.33. The van der Waals surface area contributed by atoms with Crippen LogP contribution in [0.1, 0.15) is 15.9 Å². The molecule has 0 radical (unpaired) electrons. The van der Waals surface area contributed by atoms with Gasteiger partial charge in [-0.15, -0.1) is 12.6 Å². The number of hydrogen-bond donors (Lipinski definition) is 2. The summed E-state index contributed by atoms with van der Waals surface area (Å²) in [5.74, 6) is 0.0147. The molecule has 0 aromatic heterocycles. The van der Waals surface area contributed by atoms with E-state index < -0.39 is 0 Å². The zero-order chi connectivity index (χ0) is 11.5. The molecular weight excluding hydrogens is 222 g/mol. The maximum Gasteiger partial charge on any atom is 0.193 e. The third-order valence-electron chi connectivity index (χ3n) is 2.72. The van der Waals surface area contributed by atoms with Gasteiger partial charge < -0.3 is 10.1 Å². The van der Waals surface area contributed by atoms with E-state index >= 15 is 0 Å². The van der Waals surface area contributed by atoms with Gasteiger partial charge in [0.15, 0.2) is 5.78 Å². The number of Topliss-reactive ketones (excluding diaryl/α,β-unsaturated/α-hetero) is 1. The second-order valence-corrected chi connectivity index (χ2v) is 4.35. The van der Waals surface area contributed by atoms with E-state index in [4.69, 9.17) is 4.74 Å². The Morgan fingerprint density at radius 2 is 2.38 bits per heavy atom. The lowest BCUT2D eigenvalue weighted by atomic mass is 10.0. The SMILES string of the molecule is Cc1cccc(C(=O)C2CNCCO2)c1S. The summed E-state index contributed by atoms with van der Waals surface area (Å²) < 4.78 is 5.44. The van der Waals surface area contributed by atoms with Gasteiger partial charge >= 0.3 is 0 Å². The van der Waals surface area contributed by atoms with Crippen LogP contribution in [0.15, 0.2) is 23.1 Å². The zero-order valence-electron chi connectivity index (χ0n) is 9.19. The van der Waals surface area contributed by atoms with E-state index in [9.17, 15) is 4.79 Å². The van der Waals surface area contributed by atoms with Gasteiger partial charge in [0.05, 0.1) is 6.61 Å². The molecule has 1 N–H and O–H groups in total. The van der Waals surface area contributed by atoms with E-state index in [1.807, 2.05) is 19.1 Å². The predicted octanol–water partition coefficient (Wildman–Crippen LogP) is 1.45. The Balaban J connectivity index is 2.22. The van der Waals surface area contributed by atoms with Gasteiger partial charge in [-0.1, -0.05) is 18.2 Å². The monoisotopic (exact) mass is 237 g/mol. The molecular formula is C12H15NO2S. The smallest absolute Gasteiger partial charge is 0.193 e. The summed E-state index contributed by atoms with van der Waals surface area (Å²) in [6, 6.07) is 5.62. The number of hydrogen-bond acceptors (Lipinski definition) is 4. The molecule has 2 rings (SSSR count). The van der Waals surface area contributed by atoms with Gasteiger partial charge in [-0.05, 0) is 12.5 Å². The van der Waals surface area contributed by atoms with Gasteiger partial charge in [-0.25, -0.2) is 0 Å². The predicted molar refractivity (Wildman–Crippen MR) is 65.4 cm³/mol. The molecule has 86 valence electrons. The molecule has 0 amide bonds. The number of ether oxygens (including phenoxy) is 1. The number of aryl methyl sites for hydroxylation is 1. The Hall–Kier alpha value is -0.840. The molecule has 1 atom stereocenters. The van der Waals surface area contributed by atoms with E-state index in [0.29, 0.717) is 18.7 Å². The zero-order valence-corrected chi connectivity index (χ0v) is 10.1. The minimum absolute atomic E-state index is 0.0147. The molecule has 16 heavy (non-hydrogen) atoms. The molecule has 0 spiro atoms. The molecule has 1 aromatic rings. The molecule has 1 aromatic carbocycles. The van der Waals surface area contributed by atoms with Crippen LogP contribution in [0, 0.1) is 6.92 Å². The van der Waals surface area contributed by atoms with Crippen molar-refractivity contribution in [3.63, 3.8) is 0 Å². The lowest BCUT2D eigenvalue weighted by Gasteiger charge is -2.23. The highest BCUT2D eigenvalue weighted by atomic mass is 32.1. The number of morpholine rings is 1. The fraction of sp³-hybridized carbons (Fsp3) is 0.417. The van der Waals surface area contributed by atoms with Crippen molar-refractivity contribution in [2.45, 2.75) is 17.9 Å². The van der Waals surface area contributed by atoms with Crippen LogP contribution in [-0.2, 0) is 4.74 Å². The maximum atomic E-state index is 12.2. The summed E-state index contributed by atoms with van der Waals surface area (Å²) in [4.78, 5) is 12.9. The Bertz CT molecular complexity index is 400. The molecule has 1 unspecified atom stereocenters. The molecule has 1 saturated heterocycles. The van der Waals surface area contributed by atoms with Crippen LogP contribution in [0.25, 0.3) is 0 Å². The van der Waals surface area contributed by atoms with Gasteiger partial charge in [-0.2, -0.15) is 0 Å². The Morgan fingerprint density at radius 3 is 3.06 bits per heavy atom. The van der Waals surface area contributed by atoms with Crippen LogP contribution in [-0.4, -0.2) is 31.6 Å². The molecule has 1 fully saturated rings. The van der Waals surface area contributed by atoms with Crippen LogP contribution < -0.4 is 5.32 Å². The Morgan fingerprint density at radius 1 is 1.56 bits per heavy atom. The van der Waals surface area contributed by atoms with Crippen molar-refractivity contribution in [2.24, 2.45) is 0 Å². The number of nitrogens with one attached hydrogen (secondary N) is 1. The lowest BCUT2D eigenvalue weighted by Crippen LogP contribution is -2.43. The van der Waals surface area contributed by atoms with Crippen LogP contribution in [0.4, 0.5) is 0 Å². The van der Waals surface area contributed by atoms with Crippen molar-refractivity contribution in [1.82, 2.24) is 5.32 Å². The fourth-order valence-corrected chi connectivity index (χ4v) is 2.02. The first-order valence-electron chi connectivity index (χ1n) is 5.35. The Kier molecular flexibility index (Phi) is 3.63. The first kappa shape index (κ1) is 11.6. The number of carbonyl (C=O) groups excluding carboxylic acids is 1. The summed E-state index contributed by atoms with van der Waals surface area (Å²) in [7, 11) is 0. The van der Waals surface area contributed by atoms with Crippen LogP contribution >= 0.6 is 12.6 Å². The van der Waals surface area contributed by atoms with Crippen molar-refractivity contribution >= 4 is 18.4 Å². The summed E-state index contributed by atoms with van der Waals surface area (Å²) >= 11 is 4.37. The maximum absolute atomic E-state index is 12.2. The van der Waals surface area contributed by atoms with Crippen molar-refractivity contribution in [1.29, 1.82) is 0 Å². The van der Waals surface area contributed by atoms with Crippen molar-refractivity contribution in [3.05, 3.63) is 29.3 Å². The summed E-state index contributed by atoms with van der Waals surface area (Å²) in [6.45, 7) is 3.93. The fourth-order valence-electron chi connectivity index (χ4n) is 1.77. The van der Waals surface area contributed by atoms with E-state index in [-0.39, 0.29) is 11.9 Å². The van der Waals surface area contributed by atoms with E-state index in [0.717, 1.165) is 17.0 Å². The lowest BCUT2D eigenvalue weighted by molar-refractivity contribution is 0.0267.